The largest absolute Gasteiger partial charge is 0.495 e. The number of carbonyl (C=O) groups excluding carboxylic acids is 2. The van der Waals surface area contributed by atoms with Gasteiger partial charge >= 0.3 is 0 Å². The van der Waals surface area contributed by atoms with E-state index in [1.54, 1.807) is 18.2 Å². The monoisotopic (exact) mass is 383 g/mol. The summed E-state index contributed by atoms with van der Waals surface area (Å²) in [6.45, 7) is 5.82. The van der Waals surface area contributed by atoms with Gasteiger partial charge in [0.15, 0.2) is 0 Å². The Morgan fingerprint density at radius 1 is 1.29 bits per heavy atom. The van der Waals surface area contributed by atoms with Gasteiger partial charge in [-0.25, -0.2) is 0 Å². The number of amides is 2. The molecule has 1 aromatic heterocycles. The minimum absolute atomic E-state index is 0.165. The van der Waals surface area contributed by atoms with E-state index in [0.29, 0.717) is 36.5 Å². The molecule has 28 heavy (non-hydrogen) atoms. The van der Waals surface area contributed by atoms with Gasteiger partial charge in [0.25, 0.3) is 0 Å². The Balaban J connectivity index is 2.06. The van der Waals surface area contributed by atoms with Crippen LogP contribution in [-0.4, -0.2) is 28.7 Å². The Morgan fingerprint density at radius 3 is 2.68 bits per heavy atom. The number of nitriles is 1. The molecular formula is C20H25N5O3. The van der Waals surface area contributed by atoms with Crippen LogP contribution in [0.1, 0.15) is 36.7 Å². The molecule has 0 spiro atoms. The first-order valence-electron chi connectivity index (χ1n) is 9.01. The zero-order valence-electron chi connectivity index (χ0n) is 16.6. The lowest BCUT2D eigenvalue weighted by atomic mass is 10.1. The van der Waals surface area contributed by atoms with Gasteiger partial charge in [0, 0.05) is 24.7 Å². The number of carbonyl (C=O) groups is 2. The zero-order chi connectivity index (χ0) is 20.7. The highest BCUT2D eigenvalue weighted by Gasteiger charge is 2.14. The van der Waals surface area contributed by atoms with Crippen molar-refractivity contribution in [1.82, 2.24) is 9.78 Å². The molecule has 8 heteroatoms. The first-order valence-corrected chi connectivity index (χ1v) is 9.01. The fourth-order valence-corrected chi connectivity index (χ4v) is 3.01. The van der Waals surface area contributed by atoms with E-state index < -0.39 is 0 Å². The highest BCUT2D eigenvalue weighted by molar-refractivity contribution is 5.95. The molecule has 0 saturated heterocycles. The van der Waals surface area contributed by atoms with Crippen LogP contribution in [-0.2, 0) is 22.6 Å². The fraction of sp³-hybridized carbons (Fsp3) is 0.400. The van der Waals surface area contributed by atoms with Crippen LogP contribution in [0, 0.1) is 25.2 Å². The Labute approximate surface area is 164 Å². The first-order chi connectivity index (χ1) is 13.3. The number of aryl methyl sites for hydroxylation is 2. The van der Waals surface area contributed by atoms with Crippen LogP contribution in [0.4, 0.5) is 11.4 Å². The van der Waals surface area contributed by atoms with E-state index in [2.05, 4.69) is 21.8 Å². The second-order valence-electron chi connectivity index (χ2n) is 6.43. The van der Waals surface area contributed by atoms with Gasteiger partial charge in [0.1, 0.15) is 5.75 Å². The van der Waals surface area contributed by atoms with E-state index >= 15 is 0 Å². The molecule has 1 aromatic carbocycles. The summed E-state index contributed by atoms with van der Waals surface area (Å²) in [4.78, 5) is 23.7. The summed E-state index contributed by atoms with van der Waals surface area (Å²) in [6.07, 6.45) is 1.22. The summed E-state index contributed by atoms with van der Waals surface area (Å²) in [6, 6.07) is 7.17. The maximum Gasteiger partial charge on any atom is 0.224 e. The quantitative estimate of drug-likeness (QED) is 0.728. The van der Waals surface area contributed by atoms with Gasteiger partial charge in [0.2, 0.25) is 11.8 Å². The molecule has 0 fully saturated rings. The second kappa shape index (κ2) is 9.55. The van der Waals surface area contributed by atoms with Crippen molar-refractivity contribution in [3.8, 4) is 11.8 Å². The van der Waals surface area contributed by atoms with Crippen LogP contribution in [0.15, 0.2) is 18.2 Å². The predicted octanol–water partition coefficient (Wildman–Crippen LogP) is 2.95. The molecule has 1 heterocycles. The van der Waals surface area contributed by atoms with Crippen molar-refractivity contribution in [2.24, 2.45) is 0 Å². The number of nitrogens with zero attached hydrogens (tertiary/aromatic N) is 3. The standard InChI is InChI=1S/C20H25N5O3/c1-13-17(14(2)25(24-13)11-5-10-21)7-9-20(27)23-18-12-16(22-15(3)26)6-8-19(18)28-4/h6,8,12H,5,7,9,11H2,1-4H3,(H,22,26)(H,23,27). The van der Waals surface area contributed by atoms with Crippen LogP contribution >= 0.6 is 0 Å². The summed E-state index contributed by atoms with van der Waals surface area (Å²) in [7, 11) is 1.52. The van der Waals surface area contributed by atoms with Crippen molar-refractivity contribution < 1.29 is 14.3 Å². The molecule has 2 N–H and O–H groups in total. The highest BCUT2D eigenvalue weighted by atomic mass is 16.5. The molecular weight excluding hydrogens is 358 g/mol. The van der Waals surface area contributed by atoms with Crippen molar-refractivity contribution in [2.45, 2.75) is 46.6 Å². The van der Waals surface area contributed by atoms with E-state index in [1.807, 2.05) is 18.5 Å². The third kappa shape index (κ3) is 5.33. The molecule has 0 saturated carbocycles. The van der Waals surface area contributed by atoms with Gasteiger partial charge in [-0.2, -0.15) is 10.4 Å². The number of aromatic nitrogens is 2. The molecule has 2 rings (SSSR count). The van der Waals surface area contributed by atoms with E-state index in [9.17, 15) is 9.59 Å². The number of methoxy groups -OCH3 is 1. The maximum absolute atomic E-state index is 12.5. The van der Waals surface area contributed by atoms with Crippen molar-refractivity contribution in [3.05, 3.63) is 35.2 Å². The van der Waals surface area contributed by atoms with Crippen molar-refractivity contribution in [3.63, 3.8) is 0 Å². The minimum atomic E-state index is -0.193. The normalized spacial score (nSPS) is 10.2. The summed E-state index contributed by atoms with van der Waals surface area (Å²) in [5.74, 6) is 0.155. The third-order valence-corrected chi connectivity index (χ3v) is 4.36. The Morgan fingerprint density at radius 2 is 2.04 bits per heavy atom. The molecule has 0 atom stereocenters. The van der Waals surface area contributed by atoms with Gasteiger partial charge < -0.3 is 15.4 Å². The van der Waals surface area contributed by atoms with Gasteiger partial charge in [0.05, 0.1) is 37.5 Å². The molecule has 148 valence electrons. The first kappa shape index (κ1) is 21.0. The van der Waals surface area contributed by atoms with E-state index in [0.717, 1.165) is 17.0 Å². The topological polar surface area (TPSA) is 109 Å². The molecule has 2 aromatic rings. The van der Waals surface area contributed by atoms with E-state index in [4.69, 9.17) is 10.00 Å². The Kier molecular flexibility index (Phi) is 7.15. The van der Waals surface area contributed by atoms with Crippen LogP contribution < -0.4 is 15.4 Å². The third-order valence-electron chi connectivity index (χ3n) is 4.36. The molecule has 0 unspecified atom stereocenters. The van der Waals surface area contributed by atoms with Crippen molar-refractivity contribution in [2.75, 3.05) is 17.7 Å². The number of hydrogen-bond donors (Lipinski definition) is 2. The number of ether oxygens (including phenoxy) is 1. The second-order valence-corrected chi connectivity index (χ2v) is 6.43. The number of rotatable bonds is 8. The Hall–Kier alpha value is -3.34. The predicted molar refractivity (Wildman–Crippen MR) is 106 cm³/mol. The number of nitrogens with one attached hydrogen (secondary N) is 2. The molecule has 0 bridgehead atoms. The Bertz CT molecular complexity index is 911. The summed E-state index contributed by atoms with van der Waals surface area (Å²) in [5, 5.41) is 18.7. The molecule has 8 nitrogen and oxygen atoms in total. The fourth-order valence-electron chi connectivity index (χ4n) is 3.01. The summed E-state index contributed by atoms with van der Waals surface area (Å²) in [5.41, 5.74) is 3.94. The van der Waals surface area contributed by atoms with Gasteiger partial charge in [-0.15, -0.1) is 0 Å². The number of anilines is 2. The molecule has 0 aliphatic heterocycles. The summed E-state index contributed by atoms with van der Waals surface area (Å²) < 4.78 is 7.09. The van der Waals surface area contributed by atoms with E-state index in [1.165, 1.54) is 14.0 Å². The number of hydrogen-bond acceptors (Lipinski definition) is 5. The van der Waals surface area contributed by atoms with E-state index in [-0.39, 0.29) is 18.2 Å². The average Bonchev–Trinajstić information content (AvgIpc) is 2.91. The minimum Gasteiger partial charge on any atom is -0.495 e. The van der Waals surface area contributed by atoms with Crippen LogP contribution in [0.5, 0.6) is 5.75 Å². The molecule has 0 aliphatic carbocycles. The van der Waals surface area contributed by atoms with Gasteiger partial charge in [-0.1, -0.05) is 0 Å². The smallest absolute Gasteiger partial charge is 0.224 e. The molecule has 0 aliphatic rings. The lowest BCUT2D eigenvalue weighted by Gasteiger charge is -2.12. The SMILES string of the molecule is COc1ccc(NC(C)=O)cc1NC(=O)CCc1c(C)nn(CCC#N)c1C. The van der Waals surface area contributed by atoms with Crippen LogP contribution in [0.3, 0.4) is 0 Å². The van der Waals surface area contributed by atoms with Crippen LogP contribution in [0.2, 0.25) is 0 Å². The molecule has 2 amide bonds. The highest BCUT2D eigenvalue weighted by Crippen LogP contribution is 2.28. The maximum atomic E-state index is 12.5. The lowest BCUT2D eigenvalue weighted by Crippen LogP contribution is -2.14. The van der Waals surface area contributed by atoms with Gasteiger partial charge in [-0.3, -0.25) is 14.3 Å². The van der Waals surface area contributed by atoms with Crippen molar-refractivity contribution >= 4 is 23.2 Å². The number of benzene rings is 1. The van der Waals surface area contributed by atoms with Crippen molar-refractivity contribution in [1.29, 1.82) is 5.26 Å². The van der Waals surface area contributed by atoms with Crippen LogP contribution in [0.25, 0.3) is 0 Å². The summed E-state index contributed by atoms with van der Waals surface area (Å²) >= 11 is 0. The lowest BCUT2D eigenvalue weighted by molar-refractivity contribution is -0.116. The molecule has 0 radical (unpaired) electrons. The average molecular weight is 383 g/mol. The van der Waals surface area contributed by atoms with Gasteiger partial charge in [-0.05, 0) is 44.0 Å². The zero-order valence-corrected chi connectivity index (χ0v) is 16.6.